The van der Waals surface area contributed by atoms with Crippen LogP contribution in [0.15, 0.2) is 42.5 Å². The maximum absolute atomic E-state index is 13.4. The van der Waals surface area contributed by atoms with Gasteiger partial charge in [0, 0.05) is 11.6 Å². The van der Waals surface area contributed by atoms with E-state index in [-0.39, 0.29) is 5.82 Å². The molecule has 0 aliphatic carbocycles. The molecule has 2 rings (SSSR count). The molecule has 0 spiro atoms. The van der Waals surface area contributed by atoms with E-state index in [1.165, 1.54) is 6.07 Å². The molecule has 0 fully saturated rings. The van der Waals surface area contributed by atoms with E-state index in [2.05, 4.69) is 5.32 Å². The van der Waals surface area contributed by atoms with Crippen molar-refractivity contribution in [3.05, 3.63) is 58.3 Å². The second kappa shape index (κ2) is 8.11. The normalized spacial score (nSPS) is 10.4. The summed E-state index contributed by atoms with van der Waals surface area (Å²) >= 11 is 11.8. The van der Waals surface area contributed by atoms with Gasteiger partial charge in [-0.25, -0.2) is 4.39 Å². The van der Waals surface area contributed by atoms with Gasteiger partial charge in [0.05, 0.1) is 17.3 Å². The summed E-state index contributed by atoms with van der Waals surface area (Å²) in [5.41, 5.74) is 0.527. The van der Waals surface area contributed by atoms with Crippen LogP contribution >= 0.6 is 23.2 Å². The number of para-hydroxylation sites is 1. The highest BCUT2D eigenvalue weighted by atomic mass is 35.5. The number of halogens is 3. The molecule has 2 aromatic rings. The number of unbranched alkanes of at least 4 members (excludes halogenated alkanes) is 1. The Morgan fingerprint density at radius 2 is 1.86 bits per heavy atom. The highest BCUT2D eigenvalue weighted by Gasteiger charge is 2.02. The van der Waals surface area contributed by atoms with E-state index in [4.69, 9.17) is 27.9 Å². The van der Waals surface area contributed by atoms with Gasteiger partial charge in [0.25, 0.3) is 0 Å². The van der Waals surface area contributed by atoms with E-state index < -0.39 is 0 Å². The molecule has 5 heteroatoms. The van der Waals surface area contributed by atoms with Crippen LogP contribution in [0.3, 0.4) is 0 Å². The summed E-state index contributed by atoms with van der Waals surface area (Å²) in [6, 6.07) is 11.8. The second-order valence-electron chi connectivity index (χ2n) is 4.54. The lowest BCUT2D eigenvalue weighted by Crippen LogP contribution is -2.06. The van der Waals surface area contributed by atoms with E-state index in [1.807, 2.05) is 0 Å². The van der Waals surface area contributed by atoms with Crippen LogP contribution in [-0.2, 0) is 0 Å². The van der Waals surface area contributed by atoms with Gasteiger partial charge in [0.15, 0.2) is 0 Å². The fourth-order valence-electron chi connectivity index (χ4n) is 1.83. The SMILES string of the molecule is Fc1ccccc1NCCCCOc1ccc(Cl)cc1Cl. The molecule has 0 unspecified atom stereocenters. The van der Waals surface area contributed by atoms with Crippen molar-refractivity contribution in [1.82, 2.24) is 0 Å². The second-order valence-corrected chi connectivity index (χ2v) is 5.38. The van der Waals surface area contributed by atoms with Gasteiger partial charge in [-0.05, 0) is 43.2 Å². The lowest BCUT2D eigenvalue weighted by atomic mass is 10.2. The standard InChI is InChI=1S/C16H16Cl2FNO/c17-12-7-8-16(13(18)11-12)21-10-4-3-9-20-15-6-2-1-5-14(15)19/h1-2,5-8,11,20H,3-4,9-10H2. The molecule has 2 nitrogen and oxygen atoms in total. The Labute approximate surface area is 133 Å². The Morgan fingerprint density at radius 1 is 1.05 bits per heavy atom. The first-order chi connectivity index (χ1) is 10.2. The van der Waals surface area contributed by atoms with E-state index >= 15 is 0 Å². The fraction of sp³-hybridized carbons (Fsp3) is 0.250. The minimum atomic E-state index is -0.235. The quantitative estimate of drug-likeness (QED) is 0.687. The molecule has 0 bridgehead atoms. The summed E-state index contributed by atoms with van der Waals surface area (Å²) in [6.45, 7) is 1.25. The minimum Gasteiger partial charge on any atom is -0.492 e. The van der Waals surface area contributed by atoms with E-state index in [1.54, 1.807) is 36.4 Å². The van der Waals surface area contributed by atoms with Crippen molar-refractivity contribution >= 4 is 28.9 Å². The highest BCUT2D eigenvalue weighted by molar-refractivity contribution is 6.35. The topological polar surface area (TPSA) is 21.3 Å². The summed E-state index contributed by atoms with van der Waals surface area (Å²) in [7, 11) is 0. The zero-order valence-electron chi connectivity index (χ0n) is 11.4. The number of benzene rings is 2. The maximum Gasteiger partial charge on any atom is 0.146 e. The Hall–Kier alpha value is -1.45. The number of nitrogens with one attached hydrogen (secondary N) is 1. The van der Waals surface area contributed by atoms with Gasteiger partial charge in [0.2, 0.25) is 0 Å². The lowest BCUT2D eigenvalue weighted by Gasteiger charge is -2.09. The molecule has 0 aromatic heterocycles. The molecule has 0 heterocycles. The lowest BCUT2D eigenvalue weighted by molar-refractivity contribution is 0.308. The Morgan fingerprint density at radius 3 is 2.62 bits per heavy atom. The van der Waals surface area contributed by atoms with Gasteiger partial charge in [-0.1, -0.05) is 35.3 Å². The van der Waals surface area contributed by atoms with Gasteiger partial charge in [-0.3, -0.25) is 0 Å². The van der Waals surface area contributed by atoms with Crippen LogP contribution in [0.2, 0.25) is 10.0 Å². The molecule has 0 aliphatic heterocycles. The van der Waals surface area contributed by atoms with Crippen LogP contribution in [0.5, 0.6) is 5.75 Å². The average Bonchev–Trinajstić information content (AvgIpc) is 2.46. The van der Waals surface area contributed by atoms with Gasteiger partial charge >= 0.3 is 0 Å². The fourth-order valence-corrected chi connectivity index (χ4v) is 2.29. The Balaban J connectivity index is 1.65. The first-order valence-electron chi connectivity index (χ1n) is 6.73. The third-order valence-electron chi connectivity index (χ3n) is 2.91. The predicted octanol–water partition coefficient (Wildman–Crippen LogP) is 5.40. The zero-order valence-corrected chi connectivity index (χ0v) is 12.9. The number of hydrogen-bond donors (Lipinski definition) is 1. The minimum absolute atomic E-state index is 0.235. The van der Waals surface area contributed by atoms with E-state index in [0.717, 1.165) is 12.8 Å². The number of hydrogen-bond acceptors (Lipinski definition) is 2. The molecule has 2 aromatic carbocycles. The molecule has 0 saturated heterocycles. The zero-order chi connectivity index (χ0) is 15.1. The monoisotopic (exact) mass is 327 g/mol. The van der Waals surface area contributed by atoms with Crippen LogP contribution in [0.4, 0.5) is 10.1 Å². The molecule has 0 atom stereocenters. The van der Waals surface area contributed by atoms with Gasteiger partial charge in [0.1, 0.15) is 11.6 Å². The molecule has 21 heavy (non-hydrogen) atoms. The van der Waals surface area contributed by atoms with Crippen LogP contribution in [0, 0.1) is 5.82 Å². The van der Waals surface area contributed by atoms with Crippen molar-refractivity contribution < 1.29 is 9.13 Å². The molecule has 0 amide bonds. The summed E-state index contributed by atoms with van der Waals surface area (Å²) in [5, 5.41) is 4.15. The predicted molar refractivity (Wildman–Crippen MR) is 86.1 cm³/mol. The van der Waals surface area contributed by atoms with Crippen molar-refractivity contribution in [3.8, 4) is 5.75 Å². The van der Waals surface area contributed by atoms with Crippen LogP contribution in [0.1, 0.15) is 12.8 Å². The number of ether oxygens (including phenoxy) is 1. The first-order valence-corrected chi connectivity index (χ1v) is 7.48. The third kappa shape index (κ3) is 5.10. The number of rotatable bonds is 7. The van der Waals surface area contributed by atoms with Gasteiger partial charge < -0.3 is 10.1 Å². The van der Waals surface area contributed by atoms with E-state index in [0.29, 0.717) is 34.6 Å². The molecule has 112 valence electrons. The Bertz CT molecular complexity index is 592. The first kappa shape index (κ1) is 15.9. The van der Waals surface area contributed by atoms with Crippen molar-refractivity contribution in [2.45, 2.75) is 12.8 Å². The van der Waals surface area contributed by atoms with Crippen LogP contribution in [0.25, 0.3) is 0 Å². The molecule has 1 N–H and O–H groups in total. The van der Waals surface area contributed by atoms with Gasteiger partial charge in [-0.15, -0.1) is 0 Å². The highest BCUT2D eigenvalue weighted by Crippen LogP contribution is 2.27. The van der Waals surface area contributed by atoms with E-state index in [9.17, 15) is 4.39 Å². The Kier molecular flexibility index (Phi) is 6.15. The van der Waals surface area contributed by atoms with Crippen LogP contribution in [-0.4, -0.2) is 13.2 Å². The van der Waals surface area contributed by atoms with Crippen molar-refractivity contribution in [3.63, 3.8) is 0 Å². The summed E-state index contributed by atoms with van der Waals surface area (Å²) < 4.78 is 18.9. The molecular formula is C16H16Cl2FNO. The van der Waals surface area contributed by atoms with Crippen molar-refractivity contribution in [1.29, 1.82) is 0 Å². The summed E-state index contributed by atoms with van der Waals surface area (Å²) in [4.78, 5) is 0. The maximum atomic E-state index is 13.4. The number of anilines is 1. The van der Waals surface area contributed by atoms with Crippen molar-refractivity contribution in [2.75, 3.05) is 18.5 Å². The molecule has 0 radical (unpaired) electrons. The van der Waals surface area contributed by atoms with Crippen molar-refractivity contribution in [2.24, 2.45) is 0 Å². The molecular weight excluding hydrogens is 312 g/mol. The largest absolute Gasteiger partial charge is 0.492 e. The average molecular weight is 328 g/mol. The molecule has 0 saturated carbocycles. The molecule has 0 aliphatic rings. The van der Waals surface area contributed by atoms with Crippen LogP contribution < -0.4 is 10.1 Å². The third-order valence-corrected chi connectivity index (χ3v) is 3.44. The smallest absolute Gasteiger partial charge is 0.146 e. The van der Waals surface area contributed by atoms with Gasteiger partial charge in [-0.2, -0.15) is 0 Å². The summed E-state index contributed by atoms with van der Waals surface area (Å²) in [6.07, 6.45) is 1.72. The summed E-state index contributed by atoms with van der Waals surface area (Å²) in [5.74, 6) is 0.393.